The fraction of sp³-hybridized carbons (Fsp3) is 0.200. The second kappa shape index (κ2) is 11.6. The van der Waals surface area contributed by atoms with Gasteiger partial charge in [0.25, 0.3) is 5.91 Å². The zero-order valence-corrected chi connectivity index (χ0v) is 22.0. The molecule has 3 rings (SSSR count). The Hall–Kier alpha value is -3.68. The smallest absolute Gasteiger partial charge is 0.416 e. The van der Waals surface area contributed by atoms with Crippen molar-refractivity contribution in [3.63, 3.8) is 0 Å². The summed E-state index contributed by atoms with van der Waals surface area (Å²) < 4.78 is 39.9. The van der Waals surface area contributed by atoms with Crippen molar-refractivity contribution < 1.29 is 27.9 Å². The number of anilines is 3. The molecule has 12 heteroatoms. The lowest BCUT2D eigenvalue weighted by Gasteiger charge is -2.22. The highest BCUT2D eigenvalue weighted by molar-refractivity contribution is 14.1. The van der Waals surface area contributed by atoms with E-state index in [1.165, 1.54) is 6.20 Å². The standard InChI is InChI=1S/C25H23F3IN5O3/c1-4-33(2)22-19(14-21(35)36)23(34(3)29)32-20(31-22)13-15-5-11-18(12-6-15)30-24(37)16-7-9-17(10-8-16)25(26,27)28/h4-12H,1,13-14H2,2-3H3,(H,30,37)(H,35,36). The van der Waals surface area contributed by atoms with Crippen molar-refractivity contribution in [1.29, 1.82) is 0 Å². The number of benzene rings is 2. The number of alkyl halides is 3. The van der Waals surface area contributed by atoms with Crippen LogP contribution in [0.4, 0.5) is 30.5 Å². The molecule has 0 saturated heterocycles. The fourth-order valence-corrected chi connectivity index (χ4v) is 3.83. The van der Waals surface area contributed by atoms with Crippen molar-refractivity contribution in [3.05, 3.63) is 89.4 Å². The normalized spacial score (nSPS) is 11.1. The first-order valence-corrected chi connectivity index (χ1v) is 11.8. The Morgan fingerprint density at radius 1 is 1.05 bits per heavy atom. The molecule has 0 fully saturated rings. The molecular weight excluding hydrogens is 602 g/mol. The van der Waals surface area contributed by atoms with E-state index in [0.717, 1.165) is 29.8 Å². The molecule has 8 nitrogen and oxygen atoms in total. The van der Waals surface area contributed by atoms with E-state index in [4.69, 9.17) is 0 Å². The minimum absolute atomic E-state index is 0.0984. The van der Waals surface area contributed by atoms with Crippen LogP contribution in [-0.2, 0) is 23.8 Å². The quantitative estimate of drug-likeness (QED) is 0.245. The molecule has 1 aromatic heterocycles. The summed E-state index contributed by atoms with van der Waals surface area (Å²) in [6.45, 7) is 3.73. The van der Waals surface area contributed by atoms with E-state index >= 15 is 0 Å². The molecule has 0 radical (unpaired) electrons. The highest BCUT2D eigenvalue weighted by atomic mass is 127. The summed E-state index contributed by atoms with van der Waals surface area (Å²) in [6.07, 6.45) is -2.87. The van der Waals surface area contributed by atoms with Gasteiger partial charge in [0.1, 0.15) is 17.5 Å². The number of aromatic nitrogens is 2. The van der Waals surface area contributed by atoms with Crippen LogP contribution in [-0.4, -0.2) is 41.0 Å². The average molecular weight is 625 g/mol. The molecule has 0 spiro atoms. The summed E-state index contributed by atoms with van der Waals surface area (Å²) in [6, 6.07) is 10.8. The van der Waals surface area contributed by atoms with Gasteiger partial charge in [-0.3, -0.25) is 9.59 Å². The van der Waals surface area contributed by atoms with Crippen LogP contribution in [0, 0.1) is 0 Å². The van der Waals surface area contributed by atoms with Crippen LogP contribution in [0.15, 0.2) is 61.3 Å². The van der Waals surface area contributed by atoms with Crippen molar-refractivity contribution in [2.75, 3.05) is 27.4 Å². The molecule has 1 amide bonds. The van der Waals surface area contributed by atoms with Gasteiger partial charge < -0.3 is 18.4 Å². The first kappa shape index (κ1) is 27.9. The maximum atomic E-state index is 12.7. The number of carboxylic acid groups (broad SMARTS) is 1. The Bertz CT molecular complexity index is 1300. The van der Waals surface area contributed by atoms with Gasteiger partial charge in [0.2, 0.25) is 0 Å². The molecule has 2 N–H and O–H groups in total. The monoisotopic (exact) mass is 625 g/mol. The number of carboxylic acids is 1. The number of nitrogens with zero attached hydrogens (tertiary/aromatic N) is 4. The molecule has 2 aromatic carbocycles. The number of carbonyl (C=O) groups excluding carboxylic acids is 1. The number of amides is 1. The van der Waals surface area contributed by atoms with Crippen molar-refractivity contribution in [1.82, 2.24) is 9.97 Å². The van der Waals surface area contributed by atoms with Gasteiger partial charge in [-0.25, -0.2) is 9.97 Å². The third-order valence-electron chi connectivity index (χ3n) is 5.29. The minimum Gasteiger partial charge on any atom is -0.481 e. The van der Waals surface area contributed by atoms with Crippen LogP contribution >= 0.6 is 22.9 Å². The van der Waals surface area contributed by atoms with Gasteiger partial charge in [-0.15, -0.1) is 0 Å². The summed E-state index contributed by atoms with van der Waals surface area (Å²) in [7, 11) is 3.47. The number of nitrogens with one attached hydrogen (secondary N) is 1. The van der Waals surface area contributed by atoms with Crippen LogP contribution in [0.3, 0.4) is 0 Å². The number of carbonyl (C=O) groups is 2. The van der Waals surface area contributed by atoms with Gasteiger partial charge >= 0.3 is 12.1 Å². The maximum Gasteiger partial charge on any atom is 0.416 e. The number of hydrogen-bond acceptors (Lipinski definition) is 6. The SMILES string of the molecule is C=CN(C)c1nc(Cc2ccc(NC(=O)c3ccc(C(F)(F)F)cc3)cc2)nc(N(C)I)c1CC(=O)O. The molecule has 194 valence electrons. The molecule has 0 aliphatic heterocycles. The Labute approximate surface area is 225 Å². The molecular formula is C25H23F3IN5O3. The van der Waals surface area contributed by atoms with Crippen molar-refractivity contribution >= 4 is 52.1 Å². The summed E-state index contributed by atoms with van der Waals surface area (Å²) in [5.41, 5.74) is 1.02. The van der Waals surface area contributed by atoms with Crippen LogP contribution < -0.4 is 13.3 Å². The van der Waals surface area contributed by atoms with Gasteiger partial charge in [0, 0.05) is 37.3 Å². The predicted octanol–water partition coefficient (Wildman–Crippen LogP) is 5.33. The molecule has 37 heavy (non-hydrogen) atoms. The molecule has 0 aliphatic rings. The van der Waals surface area contributed by atoms with Crippen molar-refractivity contribution in [3.8, 4) is 0 Å². The van der Waals surface area contributed by atoms with Crippen molar-refractivity contribution in [2.45, 2.75) is 19.0 Å². The number of rotatable bonds is 9. The third kappa shape index (κ3) is 7.18. The van der Waals surface area contributed by atoms with E-state index in [1.807, 2.05) is 22.9 Å². The summed E-state index contributed by atoms with van der Waals surface area (Å²) >= 11 is 2.02. The number of aliphatic carboxylic acids is 1. The molecule has 0 atom stereocenters. The first-order chi connectivity index (χ1) is 17.4. The number of hydrogen-bond donors (Lipinski definition) is 2. The van der Waals surface area contributed by atoms with E-state index in [9.17, 15) is 27.9 Å². The summed E-state index contributed by atoms with van der Waals surface area (Å²) in [5, 5.41) is 12.0. The predicted molar refractivity (Wildman–Crippen MR) is 143 cm³/mol. The molecule has 0 saturated carbocycles. The van der Waals surface area contributed by atoms with Crippen LogP contribution in [0.1, 0.15) is 32.9 Å². The lowest BCUT2D eigenvalue weighted by molar-refractivity contribution is -0.138. The largest absolute Gasteiger partial charge is 0.481 e. The van der Waals surface area contributed by atoms with Gasteiger partial charge in [-0.05, 0) is 48.2 Å². The van der Waals surface area contributed by atoms with E-state index in [1.54, 1.807) is 46.4 Å². The lowest BCUT2D eigenvalue weighted by atomic mass is 10.1. The molecule has 0 unspecified atom stereocenters. The van der Waals surface area contributed by atoms with Crippen LogP contribution in [0.5, 0.6) is 0 Å². The van der Waals surface area contributed by atoms with Gasteiger partial charge in [-0.1, -0.05) is 18.7 Å². The number of halogens is 4. The Morgan fingerprint density at radius 2 is 1.65 bits per heavy atom. The second-order valence-electron chi connectivity index (χ2n) is 8.01. The van der Waals surface area contributed by atoms with E-state index < -0.39 is 23.6 Å². The van der Waals surface area contributed by atoms with Gasteiger partial charge in [0.15, 0.2) is 0 Å². The maximum absolute atomic E-state index is 12.7. The fourth-order valence-electron chi connectivity index (χ4n) is 3.43. The summed E-state index contributed by atoms with van der Waals surface area (Å²) in [4.78, 5) is 34.6. The molecule has 0 bridgehead atoms. The van der Waals surface area contributed by atoms with Crippen LogP contribution in [0.2, 0.25) is 0 Å². The van der Waals surface area contributed by atoms with Gasteiger partial charge in [-0.2, -0.15) is 13.2 Å². The highest BCUT2D eigenvalue weighted by Gasteiger charge is 2.30. The van der Waals surface area contributed by atoms with E-state index in [-0.39, 0.29) is 12.0 Å². The van der Waals surface area contributed by atoms with E-state index in [0.29, 0.717) is 35.1 Å². The lowest BCUT2D eigenvalue weighted by Crippen LogP contribution is -2.20. The summed E-state index contributed by atoms with van der Waals surface area (Å²) in [5.74, 6) is -0.189. The Balaban J connectivity index is 1.79. The minimum atomic E-state index is -4.47. The highest BCUT2D eigenvalue weighted by Crippen LogP contribution is 2.30. The molecule has 3 aromatic rings. The van der Waals surface area contributed by atoms with E-state index in [2.05, 4.69) is 21.9 Å². The average Bonchev–Trinajstić information content (AvgIpc) is 2.84. The first-order valence-electron chi connectivity index (χ1n) is 10.8. The van der Waals surface area contributed by atoms with Crippen LogP contribution in [0.25, 0.3) is 0 Å². The van der Waals surface area contributed by atoms with Crippen molar-refractivity contribution in [2.24, 2.45) is 0 Å². The molecule has 1 heterocycles. The van der Waals surface area contributed by atoms with Gasteiger partial charge in [0.05, 0.1) is 34.8 Å². The zero-order valence-electron chi connectivity index (χ0n) is 19.9. The topological polar surface area (TPSA) is 98.7 Å². The second-order valence-corrected chi connectivity index (χ2v) is 9.46. The third-order valence-corrected chi connectivity index (χ3v) is 5.74. The Kier molecular flexibility index (Phi) is 8.73. The zero-order chi connectivity index (χ0) is 27.3. The Morgan fingerprint density at radius 3 is 2.16 bits per heavy atom. The molecule has 0 aliphatic carbocycles.